The molecule has 0 aliphatic carbocycles. The molecular weight excluding hydrogens is 575 g/mol. The minimum atomic E-state index is -4.27. The van der Waals surface area contributed by atoms with Gasteiger partial charge in [0.15, 0.2) is 17.0 Å². The smallest absolute Gasteiger partial charge is 0.404 e. The van der Waals surface area contributed by atoms with Crippen molar-refractivity contribution in [1.29, 1.82) is 5.26 Å². The third-order valence-electron chi connectivity index (χ3n) is 6.06. The van der Waals surface area contributed by atoms with E-state index in [1.807, 2.05) is 6.07 Å². The van der Waals surface area contributed by atoms with Crippen LogP contribution in [0.1, 0.15) is 29.4 Å². The Morgan fingerprint density at radius 2 is 1.98 bits per heavy atom. The molecule has 5 rings (SSSR count). The monoisotopic (exact) mass is 598 g/mol. The van der Waals surface area contributed by atoms with Gasteiger partial charge >= 0.3 is 7.82 Å². The Labute approximate surface area is 239 Å². The summed E-state index contributed by atoms with van der Waals surface area (Å²) in [4.78, 5) is 25.5. The fraction of sp³-hybridized carbons (Fsp3) is 0.269. The predicted molar refractivity (Wildman–Crippen MR) is 146 cm³/mol. The third-order valence-corrected chi connectivity index (χ3v) is 7.77. The molecule has 1 amide bonds. The molecule has 0 bridgehead atoms. The molecule has 212 valence electrons. The molecule has 1 aliphatic heterocycles. The van der Waals surface area contributed by atoms with Crippen LogP contribution in [0.15, 0.2) is 67.3 Å². The summed E-state index contributed by atoms with van der Waals surface area (Å²) in [5, 5.41) is 22.1. The Morgan fingerprint density at radius 3 is 2.71 bits per heavy atom. The van der Waals surface area contributed by atoms with Crippen molar-refractivity contribution in [2.24, 2.45) is 0 Å². The molecule has 0 spiro atoms. The predicted octanol–water partition coefficient (Wildman–Crippen LogP) is 4.51. The molecule has 15 heteroatoms. The number of halogens is 1. The molecule has 2 aromatic heterocycles. The number of fused-ring (bicyclic) bond motifs is 1. The van der Waals surface area contributed by atoms with Crippen LogP contribution in [0.5, 0.6) is 5.75 Å². The van der Waals surface area contributed by atoms with E-state index in [4.69, 9.17) is 35.2 Å². The summed E-state index contributed by atoms with van der Waals surface area (Å²) in [7, 11) is -4.27. The fourth-order valence-corrected chi connectivity index (χ4v) is 5.67. The highest BCUT2D eigenvalue weighted by atomic mass is 35.5. The maximum Gasteiger partial charge on any atom is 0.530 e. The number of nitrogens with zero attached hydrogens (tertiary/aromatic N) is 5. The van der Waals surface area contributed by atoms with Gasteiger partial charge in [-0.1, -0.05) is 29.8 Å². The number of rotatable bonds is 11. The fourth-order valence-electron chi connectivity index (χ4n) is 4.14. The number of amides is 1. The summed E-state index contributed by atoms with van der Waals surface area (Å²) < 4.78 is 38.0. The van der Waals surface area contributed by atoms with Gasteiger partial charge in [-0.2, -0.15) is 5.26 Å². The number of phosphoric ester groups is 1. The normalized spacial score (nSPS) is 19.9. The SMILES string of the molecule is N#CCCOP(=O)(Oc1ccc(Cl)cc1)O[C@H]1C[C@H](n2cnc3c(NC(=O)c4ccccc4)ncnc32)O[C@@H]1CO. The zero-order chi connectivity index (χ0) is 28.8. The second kappa shape index (κ2) is 12.7. The summed E-state index contributed by atoms with van der Waals surface area (Å²) in [6.45, 7) is -0.664. The highest BCUT2D eigenvalue weighted by Gasteiger charge is 2.43. The molecule has 13 nitrogen and oxygen atoms in total. The van der Waals surface area contributed by atoms with Gasteiger partial charge in [0, 0.05) is 17.0 Å². The van der Waals surface area contributed by atoms with Crippen molar-refractivity contribution in [3.05, 3.63) is 77.8 Å². The average molecular weight is 599 g/mol. The molecule has 4 atom stereocenters. The number of aliphatic hydroxyl groups is 1. The standard InChI is InChI=1S/C26H24ClN6O7P/c27-18-7-9-19(10-8-18)39-41(36,37-12-4-11-28)40-20-13-22(38-21(20)14-34)33-16-31-23-24(29-15-30-25(23)33)32-26(35)17-5-2-1-3-6-17/h1-3,5-10,15-16,20-22,34H,4,12-14H2,(H,29,30,32,35)/t20-,21+,22+,41?/m0/s1. The lowest BCUT2D eigenvalue weighted by Gasteiger charge is -2.23. The Bertz CT molecular complexity index is 1600. The first-order valence-electron chi connectivity index (χ1n) is 12.4. The van der Waals surface area contributed by atoms with Gasteiger partial charge in [-0.15, -0.1) is 0 Å². The van der Waals surface area contributed by atoms with E-state index in [1.165, 1.54) is 24.8 Å². The molecule has 2 aromatic carbocycles. The van der Waals surface area contributed by atoms with Crippen molar-refractivity contribution >= 4 is 42.3 Å². The highest BCUT2D eigenvalue weighted by molar-refractivity contribution is 7.49. The van der Waals surface area contributed by atoms with Crippen LogP contribution >= 0.6 is 19.4 Å². The van der Waals surface area contributed by atoms with Crippen molar-refractivity contribution in [3.8, 4) is 11.8 Å². The number of ether oxygens (including phenoxy) is 1. The molecule has 0 radical (unpaired) electrons. The number of imidazole rings is 1. The van der Waals surface area contributed by atoms with Crippen molar-refractivity contribution in [2.75, 3.05) is 18.5 Å². The summed E-state index contributed by atoms with van der Waals surface area (Å²) in [5.74, 6) is 0.0193. The topological polar surface area (TPSA) is 171 Å². The number of hydrogen-bond acceptors (Lipinski definition) is 11. The Balaban J connectivity index is 1.35. The van der Waals surface area contributed by atoms with E-state index < -0.39 is 32.9 Å². The summed E-state index contributed by atoms with van der Waals surface area (Å²) in [5.41, 5.74) is 1.13. The lowest BCUT2D eigenvalue weighted by atomic mass is 10.2. The van der Waals surface area contributed by atoms with E-state index in [0.717, 1.165) is 0 Å². The Hall–Kier alpha value is -3.89. The lowest BCUT2D eigenvalue weighted by molar-refractivity contribution is -0.0433. The number of aromatic nitrogens is 4. The number of aliphatic hydroxyl groups excluding tert-OH is 1. The van der Waals surface area contributed by atoms with Crippen LogP contribution in [0, 0.1) is 11.3 Å². The van der Waals surface area contributed by atoms with Gasteiger partial charge in [0.25, 0.3) is 5.91 Å². The molecule has 0 saturated carbocycles. The molecule has 3 heterocycles. The first-order chi connectivity index (χ1) is 19.9. The van der Waals surface area contributed by atoms with Gasteiger partial charge in [-0.05, 0) is 36.4 Å². The summed E-state index contributed by atoms with van der Waals surface area (Å²) in [6, 6.07) is 16.6. The molecular formula is C26H24ClN6O7P. The zero-order valence-electron chi connectivity index (χ0n) is 21.4. The van der Waals surface area contributed by atoms with E-state index in [2.05, 4.69) is 20.3 Å². The number of phosphoric acid groups is 1. The average Bonchev–Trinajstić information content (AvgIpc) is 3.59. The van der Waals surface area contributed by atoms with Gasteiger partial charge in [0.05, 0.1) is 32.0 Å². The van der Waals surface area contributed by atoms with Crippen LogP contribution in [0.3, 0.4) is 0 Å². The number of nitriles is 1. The Kier molecular flexibility index (Phi) is 8.90. The number of anilines is 1. The number of nitrogens with one attached hydrogen (secondary N) is 1. The van der Waals surface area contributed by atoms with E-state index in [9.17, 15) is 14.5 Å². The minimum absolute atomic E-state index is 0.0472. The maximum absolute atomic E-state index is 13.6. The van der Waals surface area contributed by atoms with Gasteiger partial charge in [-0.25, -0.2) is 19.5 Å². The van der Waals surface area contributed by atoms with Crippen molar-refractivity contribution in [1.82, 2.24) is 19.5 Å². The van der Waals surface area contributed by atoms with Gasteiger partial charge < -0.3 is 19.7 Å². The maximum atomic E-state index is 13.6. The number of hydrogen-bond donors (Lipinski definition) is 2. The highest BCUT2D eigenvalue weighted by Crippen LogP contribution is 2.53. The third kappa shape index (κ3) is 6.71. The summed E-state index contributed by atoms with van der Waals surface area (Å²) >= 11 is 5.93. The van der Waals surface area contributed by atoms with Crippen molar-refractivity contribution in [3.63, 3.8) is 0 Å². The van der Waals surface area contributed by atoms with E-state index >= 15 is 0 Å². The minimum Gasteiger partial charge on any atom is -0.404 e. The van der Waals surface area contributed by atoms with E-state index in [1.54, 1.807) is 47.0 Å². The second-order valence-electron chi connectivity index (χ2n) is 8.79. The lowest BCUT2D eigenvalue weighted by Crippen LogP contribution is -2.28. The quantitative estimate of drug-likeness (QED) is 0.184. The largest absolute Gasteiger partial charge is 0.530 e. The first-order valence-corrected chi connectivity index (χ1v) is 14.3. The zero-order valence-corrected chi connectivity index (χ0v) is 23.0. The van der Waals surface area contributed by atoms with Crippen LogP contribution in [0.25, 0.3) is 11.2 Å². The van der Waals surface area contributed by atoms with Gasteiger partial charge in [-0.3, -0.25) is 18.4 Å². The van der Waals surface area contributed by atoms with Crippen LogP contribution < -0.4 is 9.84 Å². The summed E-state index contributed by atoms with van der Waals surface area (Å²) in [6.07, 6.45) is 0.241. The van der Waals surface area contributed by atoms with Gasteiger partial charge in [0.2, 0.25) is 0 Å². The molecule has 1 fully saturated rings. The Morgan fingerprint density at radius 1 is 1.20 bits per heavy atom. The van der Waals surface area contributed by atoms with Crippen molar-refractivity contribution in [2.45, 2.75) is 31.3 Å². The molecule has 41 heavy (non-hydrogen) atoms. The molecule has 1 saturated heterocycles. The van der Waals surface area contributed by atoms with Gasteiger partial charge in [0.1, 0.15) is 30.5 Å². The molecule has 1 aliphatic rings. The van der Waals surface area contributed by atoms with Crippen LogP contribution in [0.4, 0.5) is 5.82 Å². The van der Waals surface area contributed by atoms with E-state index in [-0.39, 0.29) is 36.9 Å². The van der Waals surface area contributed by atoms with Crippen LogP contribution in [-0.2, 0) is 18.3 Å². The van der Waals surface area contributed by atoms with Crippen LogP contribution in [0.2, 0.25) is 5.02 Å². The molecule has 4 aromatic rings. The number of benzene rings is 2. The number of carbonyl (C=O) groups is 1. The first kappa shape index (κ1) is 28.6. The number of carbonyl (C=O) groups excluding carboxylic acids is 1. The van der Waals surface area contributed by atoms with Crippen molar-refractivity contribution < 1.29 is 32.8 Å². The molecule has 1 unspecified atom stereocenters. The second-order valence-corrected chi connectivity index (χ2v) is 10.8. The van der Waals surface area contributed by atoms with Crippen LogP contribution in [-0.4, -0.2) is 56.0 Å². The molecule has 2 N–H and O–H groups in total. The van der Waals surface area contributed by atoms with E-state index in [0.29, 0.717) is 21.7 Å².